The summed E-state index contributed by atoms with van der Waals surface area (Å²) < 4.78 is 19.8. The van der Waals surface area contributed by atoms with Gasteiger partial charge in [0.25, 0.3) is 5.69 Å². The molecule has 5 rings (SSSR count). The second-order valence-electron chi connectivity index (χ2n) is 9.62. The number of hydrogen-bond acceptors (Lipinski definition) is 7. The first-order valence-electron chi connectivity index (χ1n) is 12.7. The number of amides is 1. The van der Waals surface area contributed by atoms with E-state index in [4.69, 9.17) is 27.5 Å². The highest BCUT2D eigenvalue weighted by Gasteiger charge is 2.34. The number of aromatic nitrogens is 2. The van der Waals surface area contributed by atoms with Gasteiger partial charge in [0.2, 0.25) is 5.69 Å². The van der Waals surface area contributed by atoms with Gasteiger partial charge >= 0.3 is 5.91 Å². The van der Waals surface area contributed by atoms with Gasteiger partial charge in [-0.2, -0.15) is 4.73 Å². The summed E-state index contributed by atoms with van der Waals surface area (Å²) in [5.41, 5.74) is 7.19. The van der Waals surface area contributed by atoms with Crippen molar-refractivity contribution in [3.8, 4) is 22.8 Å². The number of carbonyl (C=O) groups excluding carboxylic acids is 1. The van der Waals surface area contributed by atoms with Gasteiger partial charge < -0.3 is 31.0 Å². The SMILES string of the molecule is C[C@@H](O)C1CN(C(=N)c2c(Oc3ccc(NC(=O)c4cccc(-c5ccc(F)cc5)[n+]4[O-])cc3Cl)ccnc2N)C1. The Hall–Kier alpha value is -4.74. The molecule has 210 valence electrons. The fourth-order valence-electron chi connectivity index (χ4n) is 4.41. The Morgan fingerprint density at radius 1 is 1.22 bits per heavy atom. The van der Waals surface area contributed by atoms with E-state index in [1.54, 1.807) is 30.0 Å². The first-order valence-corrected chi connectivity index (χ1v) is 13.0. The van der Waals surface area contributed by atoms with Crippen LogP contribution in [-0.4, -0.2) is 45.9 Å². The van der Waals surface area contributed by atoms with Gasteiger partial charge in [-0.05, 0) is 55.5 Å². The van der Waals surface area contributed by atoms with Crippen LogP contribution in [0.4, 0.5) is 15.9 Å². The van der Waals surface area contributed by atoms with E-state index >= 15 is 0 Å². The number of carbonyl (C=O) groups is 1. The Labute approximate surface area is 239 Å². The van der Waals surface area contributed by atoms with Crippen LogP contribution in [0.1, 0.15) is 23.0 Å². The summed E-state index contributed by atoms with van der Waals surface area (Å²) in [5.74, 6) is -0.294. The number of nitrogens with two attached hydrogens (primary N) is 1. The van der Waals surface area contributed by atoms with Gasteiger partial charge in [-0.1, -0.05) is 11.6 Å². The van der Waals surface area contributed by atoms with Crippen molar-refractivity contribution < 1.29 is 23.8 Å². The number of pyridine rings is 2. The van der Waals surface area contributed by atoms with Crippen LogP contribution in [0.2, 0.25) is 5.02 Å². The molecule has 0 radical (unpaired) electrons. The minimum absolute atomic E-state index is 0.0660. The second kappa shape index (κ2) is 11.4. The number of rotatable bonds is 7. The van der Waals surface area contributed by atoms with E-state index in [0.29, 0.717) is 34.6 Å². The van der Waals surface area contributed by atoms with E-state index in [1.807, 2.05) is 0 Å². The lowest BCUT2D eigenvalue weighted by molar-refractivity contribution is -0.595. The van der Waals surface area contributed by atoms with Crippen molar-refractivity contribution in [3.63, 3.8) is 0 Å². The third kappa shape index (κ3) is 5.76. The molecule has 0 saturated carbocycles. The lowest BCUT2D eigenvalue weighted by atomic mass is 9.93. The third-order valence-corrected chi connectivity index (χ3v) is 7.11. The summed E-state index contributed by atoms with van der Waals surface area (Å²) in [6.07, 6.45) is 0.980. The molecule has 2 aromatic heterocycles. The molecule has 1 saturated heterocycles. The number of nitrogen functional groups attached to an aromatic ring is 1. The molecule has 4 aromatic rings. The van der Waals surface area contributed by atoms with Crippen LogP contribution in [-0.2, 0) is 0 Å². The predicted octanol–water partition coefficient (Wildman–Crippen LogP) is 4.44. The molecule has 0 spiro atoms. The fourth-order valence-corrected chi connectivity index (χ4v) is 4.63. The minimum Gasteiger partial charge on any atom is -0.618 e. The lowest BCUT2D eigenvalue weighted by Gasteiger charge is -2.42. The number of aliphatic hydroxyl groups excluding tert-OH is 1. The van der Waals surface area contributed by atoms with E-state index in [1.165, 1.54) is 54.7 Å². The van der Waals surface area contributed by atoms with E-state index in [9.17, 15) is 19.5 Å². The van der Waals surface area contributed by atoms with Crippen LogP contribution in [0, 0.1) is 22.4 Å². The lowest BCUT2D eigenvalue weighted by Crippen LogP contribution is -2.53. The van der Waals surface area contributed by atoms with Crippen LogP contribution in [0.25, 0.3) is 11.3 Å². The van der Waals surface area contributed by atoms with E-state index in [2.05, 4.69) is 10.3 Å². The molecular formula is C29H26ClFN6O4. The van der Waals surface area contributed by atoms with Crippen molar-refractivity contribution in [3.05, 3.63) is 100 Å². The molecule has 1 aliphatic rings. The number of nitrogens with zero attached hydrogens (tertiary/aromatic N) is 3. The highest BCUT2D eigenvalue weighted by Crippen LogP contribution is 2.36. The Bertz CT molecular complexity index is 1630. The van der Waals surface area contributed by atoms with Crippen LogP contribution in [0.3, 0.4) is 0 Å². The molecule has 1 fully saturated rings. The summed E-state index contributed by atoms with van der Waals surface area (Å²) in [4.78, 5) is 18.8. The monoisotopic (exact) mass is 576 g/mol. The van der Waals surface area contributed by atoms with Gasteiger partial charge in [-0.25, -0.2) is 9.37 Å². The summed E-state index contributed by atoms with van der Waals surface area (Å²) in [6, 6.07) is 16.0. The average molecular weight is 577 g/mol. The molecule has 12 heteroatoms. The Balaban J connectivity index is 1.32. The van der Waals surface area contributed by atoms with E-state index in [0.717, 1.165) is 0 Å². The Kier molecular flexibility index (Phi) is 7.73. The smallest absolute Gasteiger partial charge is 0.321 e. The maximum atomic E-state index is 13.3. The zero-order valence-corrected chi connectivity index (χ0v) is 22.6. The standard InChI is InChI=1S/C29H26ClFN6O4/c1-16(38)18-14-36(15-18)28(33)26-25(11-12-34-27(26)32)41-24-10-9-20(13-21(24)30)35-29(39)23-4-2-3-22(37(23)40)17-5-7-19(31)8-6-17/h2-13,16,18,33,38H,14-15H2,1H3,(H2,32,34)(H,35,39)/t16-/m1/s1. The van der Waals surface area contributed by atoms with Crippen LogP contribution in [0.5, 0.6) is 11.5 Å². The molecule has 5 N–H and O–H groups in total. The number of ether oxygens (including phenoxy) is 1. The van der Waals surface area contributed by atoms with Gasteiger partial charge in [-0.3, -0.25) is 10.2 Å². The Morgan fingerprint density at radius 2 is 1.95 bits per heavy atom. The summed E-state index contributed by atoms with van der Waals surface area (Å²) in [6.45, 7) is 2.74. The number of nitrogens with one attached hydrogen (secondary N) is 2. The van der Waals surface area contributed by atoms with Gasteiger partial charge in [0.1, 0.15) is 34.5 Å². The zero-order valence-electron chi connectivity index (χ0n) is 21.8. The van der Waals surface area contributed by atoms with Crippen LogP contribution < -0.4 is 20.5 Å². The average Bonchev–Trinajstić information content (AvgIpc) is 2.90. The molecule has 0 unspecified atom stereocenters. The molecule has 3 heterocycles. The molecule has 1 atom stereocenters. The summed E-state index contributed by atoms with van der Waals surface area (Å²) >= 11 is 6.47. The van der Waals surface area contributed by atoms with Gasteiger partial charge in [0.15, 0.2) is 0 Å². The van der Waals surface area contributed by atoms with Gasteiger partial charge in [0.05, 0.1) is 11.1 Å². The summed E-state index contributed by atoms with van der Waals surface area (Å²) in [7, 11) is 0. The van der Waals surface area contributed by atoms with Gasteiger partial charge in [0, 0.05) is 54.7 Å². The van der Waals surface area contributed by atoms with Crippen molar-refractivity contribution >= 4 is 34.8 Å². The molecule has 10 nitrogen and oxygen atoms in total. The largest absolute Gasteiger partial charge is 0.618 e. The summed E-state index contributed by atoms with van der Waals surface area (Å²) in [5, 5.41) is 34.1. The number of aliphatic hydroxyl groups is 1. The maximum absolute atomic E-state index is 13.3. The third-order valence-electron chi connectivity index (χ3n) is 6.82. The molecule has 41 heavy (non-hydrogen) atoms. The predicted molar refractivity (Wildman–Crippen MR) is 152 cm³/mol. The normalized spacial score (nSPS) is 13.8. The molecule has 0 bridgehead atoms. The van der Waals surface area contributed by atoms with Gasteiger partial charge in [-0.15, -0.1) is 0 Å². The van der Waals surface area contributed by atoms with Crippen LogP contribution in [0.15, 0.2) is 72.9 Å². The van der Waals surface area contributed by atoms with E-state index in [-0.39, 0.29) is 45.5 Å². The first-order chi connectivity index (χ1) is 19.6. The van der Waals surface area contributed by atoms with Crippen molar-refractivity contribution in [1.82, 2.24) is 9.88 Å². The van der Waals surface area contributed by atoms with Crippen molar-refractivity contribution in [2.24, 2.45) is 5.92 Å². The highest BCUT2D eigenvalue weighted by molar-refractivity contribution is 6.32. The number of amidine groups is 1. The Morgan fingerprint density at radius 3 is 2.63 bits per heavy atom. The molecular weight excluding hydrogens is 551 g/mol. The maximum Gasteiger partial charge on any atom is 0.321 e. The van der Waals surface area contributed by atoms with Crippen molar-refractivity contribution in [1.29, 1.82) is 5.41 Å². The number of likely N-dealkylation sites (tertiary alicyclic amines) is 1. The quantitative estimate of drug-likeness (QED) is 0.110. The number of hydrogen-bond donors (Lipinski definition) is 4. The topological polar surface area (TPSA) is 152 Å². The molecule has 2 aromatic carbocycles. The molecule has 1 amide bonds. The molecule has 1 aliphatic heterocycles. The number of anilines is 2. The second-order valence-corrected chi connectivity index (χ2v) is 10.0. The fraction of sp³-hybridized carbons (Fsp3) is 0.172. The van der Waals surface area contributed by atoms with Crippen molar-refractivity contribution in [2.75, 3.05) is 24.1 Å². The highest BCUT2D eigenvalue weighted by atomic mass is 35.5. The van der Waals surface area contributed by atoms with Crippen molar-refractivity contribution in [2.45, 2.75) is 13.0 Å². The zero-order chi connectivity index (χ0) is 29.3. The first kappa shape index (κ1) is 27.8. The molecule has 0 aliphatic carbocycles. The number of halogens is 2. The minimum atomic E-state index is -0.670. The number of benzene rings is 2. The van der Waals surface area contributed by atoms with Crippen LogP contribution >= 0.6 is 11.6 Å². The van der Waals surface area contributed by atoms with E-state index < -0.39 is 17.8 Å².